The van der Waals surface area contributed by atoms with Gasteiger partial charge in [-0.25, -0.2) is 0 Å². The summed E-state index contributed by atoms with van der Waals surface area (Å²) >= 11 is 0. The van der Waals surface area contributed by atoms with Crippen molar-refractivity contribution in [3.8, 4) is 5.75 Å². The second-order valence-electron chi connectivity index (χ2n) is 5.09. The Morgan fingerprint density at radius 3 is 2.75 bits per heavy atom. The van der Waals surface area contributed by atoms with Crippen LogP contribution in [-0.2, 0) is 9.53 Å². The fourth-order valence-corrected chi connectivity index (χ4v) is 1.76. The van der Waals surface area contributed by atoms with Gasteiger partial charge >= 0.3 is 0 Å². The van der Waals surface area contributed by atoms with Crippen molar-refractivity contribution in [3.63, 3.8) is 0 Å². The fourth-order valence-electron chi connectivity index (χ4n) is 1.76. The van der Waals surface area contributed by atoms with Crippen LogP contribution in [0.5, 0.6) is 5.75 Å². The van der Waals surface area contributed by atoms with Gasteiger partial charge in [-0.1, -0.05) is 19.9 Å². The molecule has 1 atom stereocenters. The van der Waals surface area contributed by atoms with Crippen molar-refractivity contribution in [2.24, 2.45) is 11.7 Å². The summed E-state index contributed by atoms with van der Waals surface area (Å²) in [7, 11) is 1.62. The number of anilines is 1. The van der Waals surface area contributed by atoms with E-state index < -0.39 is 6.04 Å². The van der Waals surface area contributed by atoms with Crippen LogP contribution < -0.4 is 15.8 Å². The minimum Gasteiger partial charge on any atom is -0.491 e. The molecule has 0 saturated carbocycles. The molecule has 20 heavy (non-hydrogen) atoms. The molecule has 0 radical (unpaired) electrons. The molecule has 1 rings (SSSR count). The van der Waals surface area contributed by atoms with Crippen molar-refractivity contribution in [1.29, 1.82) is 0 Å². The number of hydrogen-bond donors (Lipinski definition) is 2. The summed E-state index contributed by atoms with van der Waals surface area (Å²) in [5.74, 6) is 0.907. The van der Waals surface area contributed by atoms with Gasteiger partial charge in [0.1, 0.15) is 12.4 Å². The van der Waals surface area contributed by atoms with E-state index in [0.717, 1.165) is 0 Å². The molecule has 0 spiro atoms. The van der Waals surface area contributed by atoms with Crippen LogP contribution in [0.1, 0.15) is 20.3 Å². The Labute approximate surface area is 120 Å². The lowest BCUT2D eigenvalue weighted by Crippen LogP contribution is -2.36. The molecule has 0 aliphatic heterocycles. The van der Waals surface area contributed by atoms with E-state index in [2.05, 4.69) is 5.32 Å². The molecule has 0 fully saturated rings. The van der Waals surface area contributed by atoms with Crippen molar-refractivity contribution in [1.82, 2.24) is 0 Å². The van der Waals surface area contributed by atoms with E-state index in [0.29, 0.717) is 37.0 Å². The molecule has 0 unspecified atom stereocenters. The molecule has 0 aliphatic carbocycles. The number of nitrogens with two attached hydrogens (primary N) is 1. The summed E-state index contributed by atoms with van der Waals surface area (Å²) in [5.41, 5.74) is 6.53. The summed E-state index contributed by atoms with van der Waals surface area (Å²) in [6.07, 6.45) is 0.663. The van der Waals surface area contributed by atoms with Crippen LogP contribution in [0.4, 0.5) is 5.69 Å². The zero-order chi connectivity index (χ0) is 15.0. The molecule has 5 heteroatoms. The summed E-state index contributed by atoms with van der Waals surface area (Å²) in [5, 5.41) is 2.80. The van der Waals surface area contributed by atoms with Gasteiger partial charge < -0.3 is 20.5 Å². The zero-order valence-electron chi connectivity index (χ0n) is 12.4. The summed E-state index contributed by atoms with van der Waals surface area (Å²) in [4.78, 5) is 11.9. The van der Waals surface area contributed by atoms with Gasteiger partial charge in [-0.05, 0) is 24.5 Å². The summed E-state index contributed by atoms with van der Waals surface area (Å²) < 4.78 is 10.4. The molecule has 0 aliphatic rings. The smallest absolute Gasteiger partial charge is 0.241 e. The fraction of sp³-hybridized carbons (Fsp3) is 0.533. The molecule has 1 amide bonds. The Kier molecular flexibility index (Phi) is 7.04. The third-order valence-corrected chi connectivity index (χ3v) is 2.72. The van der Waals surface area contributed by atoms with E-state index in [1.54, 1.807) is 13.2 Å². The highest BCUT2D eigenvalue weighted by atomic mass is 16.5. The minimum atomic E-state index is -0.493. The third kappa shape index (κ3) is 6.04. The number of methoxy groups -OCH3 is 1. The Morgan fingerprint density at radius 1 is 1.35 bits per heavy atom. The number of rotatable bonds is 8. The first-order chi connectivity index (χ1) is 9.52. The first-order valence-electron chi connectivity index (χ1n) is 6.81. The van der Waals surface area contributed by atoms with E-state index in [-0.39, 0.29) is 5.91 Å². The highest BCUT2D eigenvalue weighted by Gasteiger charge is 2.15. The highest BCUT2D eigenvalue weighted by Crippen LogP contribution is 2.17. The average molecular weight is 280 g/mol. The summed E-state index contributed by atoms with van der Waals surface area (Å²) in [6, 6.07) is 6.75. The number of hydrogen-bond acceptors (Lipinski definition) is 4. The number of benzene rings is 1. The number of carbonyl (C=O) groups is 1. The highest BCUT2D eigenvalue weighted by molar-refractivity contribution is 5.94. The normalized spacial score (nSPS) is 12.2. The molecule has 5 nitrogen and oxygen atoms in total. The molecular weight excluding hydrogens is 256 g/mol. The molecule has 1 aromatic carbocycles. The maximum atomic E-state index is 11.9. The van der Waals surface area contributed by atoms with E-state index in [4.69, 9.17) is 15.2 Å². The van der Waals surface area contributed by atoms with Gasteiger partial charge in [0.15, 0.2) is 0 Å². The van der Waals surface area contributed by atoms with Gasteiger partial charge in [-0.2, -0.15) is 0 Å². The lowest BCUT2D eigenvalue weighted by Gasteiger charge is -2.14. The van der Waals surface area contributed by atoms with Gasteiger partial charge in [0, 0.05) is 18.9 Å². The molecule has 0 aromatic heterocycles. The Hall–Kier alpha value is -1.59. The number of amides is 1. The van der Waals surface area contributed by atoms with E-state index in [1.165, 1.54) is 0 Å². The molecular formula is C15H24N2O3. The first kappa shape index (κ1) is 16.5. The second-order valence-corrected chi connectivity index (χ2v) is 5.09. The third-order valence-electron chi connectivity index (χ3n) is 2.72. The number of ether oxygens (including phenoxy) is 2. The van der Waals surface area contributed by atoms with Crippen molar-refractivity contribution >= 4 is 11.6 Å². The quantitative estimate of drug-likeness (QED) is 0.715. The van der Waals surface area contributed by atoms with Crippen LogP contribution in [0, 0.1) is 5.92 Å². The van der Waals surface area contributed by atoms with Crippen LogP contribution in [0.25, 0.3) is 0 Å². The van der Waals surface area contributed by atoms with Gasteiger partial charge in [-0.15, -0.1) is 0 Å². The van der Waals surface area contributed by atoms with E-state index >= 15 is 0 Å². The SMILES string of the molecule is COCCOc1cccc(NC(=O)[C@H](N)CC(C)C)c1. The molecule has 0 bridgehead atoms. The lowest BCUT2D eigenvalue weighted by molar-refractivity contribution is -0.117. The van der Waals surface area contributed by atoms with Gasteiger partial charge in [0.05, 0.1) is 12.6 Å². The first-order valence-corrected chi connectivity index (χ1v) is 6.81. The standard InChI is InChI=1S/C15H24N2O3/c1-11(2)9-14(16)15(18)17-12-5-4-6-13(10-12)20-8-7-19-3/h4-6,10-11,14H,7-9,16H2,1-3H3,(H,17,18)/t14-/m1/s1. The molecule has 3 N–H and O–H groups in total. The Balaban J connectivity index is 2.54. The molecule has 0 heterocycles. The maximum absolute atomic E-state index is 11.9. The lowest BCUT2D eigenvalue weighted by atomic mass is 10.0. The van der Waals surface area contributed by atoms with Gasteiger partial charge in [0.25, 0.3) is 0 Å². The minimum absolute atomic E-state index is 0.173. The maximum Gasteiger partial charge on any atom is 0.241 e. The Bertz CT molecular complexity index is 421. The van der Waals surface area contributed by atoms with Crippen LogP contribution in [-0.4, -0.2) is 32.3 Å². The van der Waals surface area contributed by atoms with E-state index in [9.17, 15) is 4.79 Å². The molecule has 0 saturated heterocycles. The van der Waals surface area contributed by atoms with Crippen LogP contribution in [0.2, 0.25) is 0 Å². The van der Waals surface area contributed by atoms with Gasteiger partial charge in [0.2, 0.25) is 5.91 Å². The van der Waals surface area contributed by atoms with Gasteiger partial charge in [-0.3, -0.25) is 4.79 Å². The molecule has 112 valence electrons. The predicted octanol–water partition coefficient (Wildman–Crippen LogP) is 2.02. The van der Waals surface area contributed by atoms with Crippen LogP contribution in [0.15, 0.2) is 24.3 Å². The second kappa shape index (κ2) is 8.55. The van der Waals surface area contributed by atoms with Crippen molar-refractivity contribution < 1.29 is 14.3 Å². The van der Waals surface area contributed by atoms with Crippen LogP contribution >= 0.6 is 0 Å². The van der Waals surface area contributed by atoms with Crippen molar-refractivity contribution in [3.05, 3.63) is 24.3 Å². The van der Waals surface area contributed by atoms with Crippen molar-refractivity contribution in [2.75, 3.05) is 25.6 Å². The zero-order valence-corrected chi connectivity index (χ0v) is 12.4. The predicted molar refractivity (Wildman–Crippen MR) is 79.9 cm³/mol. The number of carbonyl (C=O) groups excluding carboxylic acids is 1. The summed E-state index contributed by atoms with van der Waals surface area (Å²) in [6.45, 7) is 5.07. The van der Waals surface area contributed by atoms with Crippen molar-refractivity contribution in [2.45, 2.75) is 26.3 Å². The van der Waals surface area contributed by atoms with Crippen LogP contribution in [0.3, 0.4) is 0 Å². The average Bonchev–Trinajstić information content (AvgIpc) is 2.38. The largest absolute Gasteiger partial charge is 0.491 e. The Morgan fingerprint density at radius 2 is 2.10 bits per heavy atom. The monoisotopic (exact) mass is 280 g/mol. The van der Waals surface area contributed by atoms with E-state index in [1.807, 2.05) is 32.0 Å². The topological polar surface area (TPSA) is 73.6 Å². The molecule has 1 aromatic rings. The number of nitrogens with one attached hydrogen (secondary N) is 1.